The monoisotopic (exact) mass is 189 g/mol. The average molecular weight is 189 g/mol. The number of carboxylic acids is 1. The Hall–Kier alpha value is -0.610. The highest BCUT2D eigenvalue weighted by Gasteiger charge is 2.13. The first-order valence-electron chi connectivity index (χ1n) is 4.55. The zero-order chi connectivity index (χ0) is 10.3. The lowest BCUT2D eigenvalue weighted by Crippen LogP contribution is -2.34. The van der Waals surface area contributed by atoms with Crippen molar-refractivity contribution in [1.82, 2.24) is 5.32 Å². The second-order valence-corrected chi connectivity index (χ2v) is 3.44. The number of hydrogen-bond donors (Lipinski definition) is 2. The summed E-state index contributed by atoms with van der Waals surface area (Å²) in [6.07, 6.45) is 0.512. The Balaban J connectivity index is 3.44. The van der Waals surface area contributed by atoms with Gasteiger partial charge in [0.15, 0.2) is 0 Å². The van der Waals surface area contributed by atoms with Crippen molar-refractivity contribution in [1.29, 1.82) is 0 Å². The summed E-state index contributed by atoms with van der Waals surface area (Å²) in [6, 6.07) is -0.493. The van der Waals surface area contributed by atoms with Crippen LogP contribution in [-0.2, 0) is 9.53 Å². The number of carbonyl (C=O) groups is 1. The third-order valence-electron chi connectivity index (χ3n) is 1.65. The lowest BCUT2D eigenvalue weighted by Gasteiger charge is -2.11. The maximum atomic E-state index is 10.5. The van der Waals surface area contributed by atoms with Gasteiger partial charge in [-0.05, 0) is 19.4 Å². The Morgan fingerprint density at radius 3 is 2.54 bits per heavy atom. The number of aliphatic carboxylic acids is 1. The summed E-state index contributed by atoms with van der Waals surface area (Å²) < 4.78 is 5.27. The molecule has 0 aliphatic rings. The van der Waals surface area contributed by atoms with Crippen molar-refractivity contribution in [2.24, 2.45) is 5.92 Å². The highest BCUT2D eigenvalue weighted by Crippen LogP contribution is 1.96. The van der Waals surface area contributed by atoms with Crippen LogP contribution in [0.3, 0.4) is 0 Å². The van der Waals surface area contributed by atoms with Gasteiger partial charge in [-0.1, -0.05) is 13.8 Å². The molecule has 0 saturated heterocycles. The largest absolute Gasteiger partial charge is 0.480 e. The molecule has 0 aromatic heterocycles. The van der Waals surface area contributed by atoms with E-state index in [4.69, 9.17) is 9.84 Å². The molecule has 0 bridgehead atoms. The summed E-state index contributed by atoms with van der Waals surface area (Å²) in [4.78, 5) is 10.5. The molecular weight excluding hydrogens is 170 g/mol. The molecule has 1 atom stereocenters. The standard InChI is InChI=1S/C9H19NO3/c1-7(2)6-13-5-4-8(10-3)9(11)12/h7-8,10H,4-6H2,1-3H3,(H,11,12). The molecule has 0 aliphatic heterocycles. The van der Waals surface area contributed by atoms with Crippen LogP contribution in [0.2, 0.25) is 0 Å². The summed E-state index contributed by atoms with van der Waals surface area (Å²) in [5, 5.41) is 11.4. The van der Waals surface area contributed by atoms with Crippen LogP contribution in [0.25, 0.3) is 0 Å². The molecule has 0 aromatic rings. The zero-order valence-electron chi connectivity index (χ0n) is 8.54. The van der Waals surface area contributed by atoms with Crippen molar-refractivity contribution in [2.75, 3.05) is 20.3 Å². The van der Waals surface area contributed by atoms with E-state index in [1.165, 1.54) is 0 Å². The smallest absolute Gasteiger partial charge is 0.320 e. The molecular formula is C9H19NO3. The van der Waals surface area contributed by atoms with Gasteiger partial charge in [-0.25, -0.2) is 0 Å². The topological polar surface area (TPSA) is 58.6 Å². The molecule has 0 rings (SSSR count). The first-order chi connectivity index (χ1) is 6.07. The zero-order valence-corrected chi connectivity index (χ0v) is 8.54. The van der Waals surface area contributed by atoms with E-state index in [1.54, 1.807) is 7.05 Å². The van der Waals surface area contributed by atoms with Crippen molar-refractivity contribution >= 4 is 5.97 Å². The van der Waals surface area contributed by atoms with Gasteiger partial charge in [0.2, 0.25) is 0 Å². The third-order valence-corrected chi connectivity index (χ3v) is 1.65. The minimum Gasteiger partial charge on any atom is -0.480 e. The van der Waals surface area contributed by atoms with Crippen LogP contribution >= 0.6 is 0 Å². The number of ether oxygens (including phenoxy) is 1. The summed E-state index contributed by atoms with van der Waals surface area (Å²) in [5.74, 6) is -0.325. The van der Waals surface area contributed by atoms with Gasteiger partial charge in [0.05, 0.1) is 0 Å². The van der Waals surface area contributed by atoms with Crippen LogP contribution in [0.1, 0.15) is 20.3 Å². The Morgan fingerprint density at radius 1 is 1.54 bits per heavy atom. The van der Waals surface area contributed by atoms with Crippen molar-refractivity contribution in [3.05, 3.63) is 0 Å². The van der Waals surface area contributed by atoms with Crippen molar-refractivity contribution < 1.29 is 14.6 Å². The minimum atomic E-state index is -0.823. The first kappa shape index (κ1) is 12.4. The highest BCUT2D eigenvalue weighted by molar-refractivity contribution is 5.73. The maximum Gasteiger partial charge on any atom is 0.320 e. The number of rotatable bonds is 7. The third kappa shape index (κ3) is 6.54. The van der Waals surface area contributed by atoms with Crippen molar-refractivity contribution in [3.63, 3.8) is 0 Å². The predicted octanol–water partition coefficient (Wildman–Crippen LogP) is 0.722. The van der Waals surface area contributed by atoms with Crippen molar-refractivity contribution in [3.8, 4) is 0 Å². The van der Waals surface area contributed by atoms with E-state index in [1.807, 2.05) is 0 Å². The van der Waals surface area contributed by atoms with Crippen LogP contribution in [-0.4, -0.2) is 37.4 Å². The van der Waals surface area contributed by atoms with E-state index in [0.29, 0.717) is 25.6 Å². The fraction of sp³-hybridized carbons (Fsp3) is 0.889. The van der Waals surface area contributed by atoms with Gasteiger partial charge >= 0.3 is 5.97 Å². The number of hydrogen-bond acceptors (Lipinski definition) is 3. The van der Waals surface area contributed by atoms with E-state index in [-0.39, 0.29) is 0 Å². The molecule has 1 unspecified atom stereocenters. The second-order valence-electron chi connectivity index (χ2n) is 3.44. The van der Waals surface area contributed by atoms with Crippen LogP contribution in [0.15, 0.2) is 0 Å². The molecule has 0 heterocycles. The summed E-state index contributed by atoms with van der Waals surface area (Å²) >= 11 is 0. The van der Waals surface area contributed by atoms with Gasteiger partial charge in [0, 0.05) is 13.2 Å². The van der Waals surface area contributed by atoms with Gasteiger partial charge in [-0.2, -0.15) is 0 Å². The normalized spacial score (nSPS) is 13.2. The van der Waals surface area contributed by atoms with Crippen LogP contribution in [0.5, 0.6) is 0 Å². The number of carboxylic acid groups (broad SMARTS) is 1. The average Bonchev–Trinajstić information content (AvgIpc) is 2.03. The second kappa shape index (κ2) is 6.86. The fourth-order valence-electron chi connectivity index (χ4n) is 0.912. The van der Waals surface area contributed by atoms with Gasteiger partial charge < -0.3 is 15.2 Å². The SMILES string of the molecule is CNC(CCOCC(C)C)C(=O)O. The molecule has 78 valence electrons. The molecule has 0 fully saturated rings. The molecule has 0 aromatic carbocycles. The molecule has 0 spiro atoms. The fourth-order valence-corrected chi connectivity index (χ4v) is 0.912. The molecule has 13 heavy (non-hydrogen) atoms. The minimum absolute atomic E-state index is 0.493. The van der Waals surface area contributed by atoms with E-state index < -0.39 is 12.0 Å². The van der Waals surface area contributed by atoms with Crippen LogP contribution in [0, 0.1) is 5.92 Å². The Bertz CT molecular complexity index is 148. The molecule has 0 aliphatic carbocycles. The Kier molecular flexibility index (Phi) is 6.54. The molecule has 4 nitrogen and oxygen atoms in total. The molecule has 2 N–H and O–H groups in total. The summed E-state index contributed by atoms with van der Waals surface area (Å²) in [7, 11) is 1.64. The van der Waals surface area contributed by atoms with E-state index in [2.05, 4.69) is 19.2 Å². The van der Waals surface area contributed by atoms with Gasteiger partial charge in [-0.15, -0.1) is 0 Å². The quantitative estimate of drug-likeness (QED) is 0.579. The number of nitrogens with one attached hydrogen (secondary N) is 1. The van der Waals surface area contributed by atoms with E-state index >= 15 is 0 Å². The summed E-state index contributed by atoms with van der Waals surface area (Å²) in [6.45, 7) is 5.31. The predicted molar refractivity (Wildman–Crippen MR) is 50.8 cm³/mol. The van der Waals surface area contributed by atoms with Crippen LogP contribution in [0.4, 0.5) is 0 Å². The van der Waals surface area contributed by atoms with Gasteiger partial charge in [-0.3, -0.25) is 4.79 Å². The lowest BCUT2D eigenvalue weighted by molar-refractivity contribution is -0.139. The molecule has 0 radical (unpaired) electrons. The first-order valence-corrected chi connectivity index (χ1v) is 4.55. The Morgan fingerprint density at radius 2 is 2.15 bits per heavy atom. The van der Waals surface area contributed by atoms with Gasteiger partial charge in [0.25, 0.3) is 0 Å². The summed E-state index contributed by atoms with van der Waals surface area (Å²) in [5.41, 5.74) is 0. The van der Waals surface area contributed by atoms with E-state index in [9.17, 15) is 4.79 Å². The number of likely N-dealkylation sites (N-methyl/N-ethyl adjacent to an activating group) is 1. The van der Waals surface area contributed by atoms with Crippen LogP contribution < -0.4 is 5.32 Å². The maximum absolute atomic E-state index is 10.5. The van der Waals surface area contributed by atoms with Crippen molar-refractivity contribution in [2.45, 2.75) is 26.3 Å². The van der Waals surface area contributed by atoms with E-state index in [0.717, 1.165) is 0 Å². The molecule has 0 saturated carbocycles. The van der Waals surface area contributed by atoms with Gasteiger partial charge in [0.1, 0.15) is 6.04 Å². The Labute approximate surface area is 79.3 Å². The highest BCUT2D eigenvalue weighted by atomic mass is 16.5. The molecule has 4 heteroatoms. The lowest BCUT2D eigenvalue weighted by atomic mass is 10.2. The molecule has 0 amide bonds.